The number of anilines is 1. The standard InChI is InChI=1S/C21H23N3O4S/c1-4-27-17-9-7-15(11-18(17)28-5-2)23-20(25)12-24(3)21(26)14-6-8-16-19(10-14)29-13-22-16/h6-11,13H,4-5,12H2,1-3H3,(H,23,25). The summed E-state index contributed by atoms with van der Waals surface area (Å²) in [7, 11) is 1.60. The number of amides is 2. The van der Waals surface area contributed by atoms with Gasteiger partial charge in [0.05, 0.1) is 35.5 Å². The minimum absolute atomic E-state index is 0.0727. The van der Waals surface area contributed by atoms with E-state index < -0.39 is 0 Å². The lowest BCUT2D eigenvalue weighted by molar-refractivity contribution is -0.116. The number of likely N-dealkylation sites (N-methyl/N-ethyl adjacent to an activating group) is 1. The largest absolute Gasteiger partial charge is 0.490 e. The lowest BCUT2D eigenvalue weighted by atomic mass is 10.2. The van der Waals surface area contributed by atoms with E-state index in [-0.39, 0.29) is 18.4 Å². The monoisotopic (exact) mass is 413 g/mol. The van der Waals surface area contributed by atoms with E-state index in [1.165, 1.54) is 16.2 Å². The van der Waals surface area contributed by atoms with E-state index in [2.05, 4.69) is 10.3 Å². The number of aromatic nitrogens is 1. The minimum Gasteiger partial charge on any atom is -0.490 e. The maximum absolute atomic E-state index is 12.6. The van der Waals surface area contributed by atoms with E-state index in [0.29, 0.717) is 36.0 Å². The number of fused-ring (bicyclic) bond motifs is 1. The highest BCUT2D eigenvalue weighted by molar-refractivity contribution is 7.16. The van der Waals surface area contributed by atoms with Crippen molar-refractivity contribution in [2.75, 3.05) is 32.1 Å². The summed E-state index contributed by atoms with van der Waals surface area (Å²) < 4.78 is 12.0. The first-order valence-electron chi connectivity index (χ1n) is 9.30. The molecular formula is C21H23N3O4S. The molecular weight excluding hydrogens is 390 g/mol. The number of ether oxygens (including phenoxy) is 2. The Bertz CT molecular complexity index is 1020. The molecule has 0 spiro atoms. The molecule has 3 rings (SSSR count). The molecule has 0 radical (unpaired) electrons. The fourth-order valence-corrected chi connectivity index (χ4v) is 3.54. The van der Waals surface area contributed by atoms with Gasteiger partial charge in [0, 0.05) is 24.4 Å². The van der Waals surface area contributed by atoms with Crippen molar-refractivity contribution in [2.24, 2.45) is 0 Å². The maximum Gasteiger partial charge on any atom is 0.254 e. The van der Waals surface area contributed by atoms with Crippen LogP contribution in [0.1, 0.15) is 24.2 Å². The molecule has 0 saturated heterocycles. The quantitative estimate of drug-likeness (QED) is 0.607. The van der Waals surface area contributed by atoms with Crippen LogP contribution >= 0.6 is 11.3 Å². The van der Waals surface area contributed by atoms with Crippen LogP contribution in [0.3, 0.4) is 0 Å². The van der Waals surface area contributed by atoms with Crippen LogP contribution in [0.5, 0.6) is 11.5 Å². The Balaban J connectivity index is 1.64. The first kappa shape index (κ1) is 20.6. The summed E-state index contributed by atoms with van der Waals surface area (Å²) in [6.45, 7) is 4.71. The number of carbonyl (C=O) groups excluding carboxylic acids is 2. The van der Waals surface area contributed by atoms with Gasteiger partial charge in [0.2, 0.25) is 5.91 Å². The second-order valence-electron chi connectivity index (χ2n) is 6.27. The average Bonchev–Trinajstić information content (AvgIpc) is 3.17. The van der Waals surface area contributed by atoms with Crippen LogP contribution in [-0.2, 0) is 4.79 Å². The molecule has 0 aliphatic heterocycles. The molecule has 0 aliphatic rings. The van der Waals surface area contributed by atoms with Crippen LogP contribution < -0.4 is 14.8 Å². The molecule has 0 fully saturated rings. The summed E-state index contributed by atoms with van der Waals surface area (Å²) in [5.41, 5.74) is 3.70. The predicted octanol–water partition coefficient (Wildman–Crippen LogP) is 3.80. The van der Waals surface area contributed by atoms with Crippen LogP contribution in [0.25, 0.3) is 10.2 Å². The van der Waals surface area contributed by atoms with Crippen molar-refractivity contribution in [3.05, 3.63) is 47.5 Å². The summed E-state index contributed by atoms with van der Waals surface area (Å²) >= 11 is 1.47. The van der Waals surface area contributed by atoms with Crippen LogP contribution in [0.15, 0.2) is 41.9 Å². The first-order chi connectivity index (χ1) is 14.0. The zero-order valence-corrected chi connectivity index (χ0v) is 17.4. The number of rotatable bonds is 8. The summed E-state index contributed by atoms with van der Waals surface area (Å²) in [5, 5.41) is 2.80. The lowest BCUT2D eigenvalue weighted by Gasteiger charge is -2.17. The average molecular weight is 413 g/mol. The van der Waals surface area contributed by atoms with E-state index in [1.807, 2.05) is 19.9 Å². The van der Waals surface area contributed by atoms with Gasteiger partial charge in [-0.15, -0.1) is 11.3 Å². The molecule has 1 heterocycles. The molecule has 0 bridgehead atoms. The van der Waals surface area contributed by atoms with Gasteiger partial charge in [0.1, 0.15) is 0 Å². The van der Waals surface area contributed by atoms with Crippen molar-refractivity contribution in [3.63, 3.8) is 0 Å². The van der Waals surface area contributed by atoms with E-state index in [4.69, 9.17) is 9.47 Å². The van der Waals surface area contributed by atoms with Gasteiger partial charge in [-0.05, 0) is 44.2 Å². The molecule has 0 aliphatic carbocycles. The van der Waals surface area contributed by atoms with Crippen LogP contribution in [-0.4, -0.2) is 48.5 Å². The van der Waals surface area contributed by atoms with Gasteiger partial charge < -0.3 is 19.7 Å². The minimum atomic E-state index is -0.300. The second-order valence-corrected chi connectivity index (χ2v) is 7.16. The Kier molecular flexibility index (Phi) is 6.66. The highest BCUT2D eigenvalue weighted by Crippen LogP contribution is 2.30. The van der Waals surface area contributed by atoms with Crippen LogP contribution in [0.4, 0.5) is 5.69 Å². The summed E-state index contributed by atoms with van der Waals surface area (Å²) in [4.78, 5) is 30.7. The topological polar surface area (TPSA) is 80.8 Å². The Morgan fingerprint density at radius 2 is 1.83 bits per heavy atom. The number of benzene rings is 2. The van der Waals surface area contributed by atoms with Crippen LogP contribution in [0, 0.1) is 0 Å². The molecule has 1 N–H and O–H groups in total. The van der Waals surface area contributed by atoms with Gasteiger partial charge in [-0.1, -0.05) is 0 Å². The van der Waals surface area contributed by atoms with Crippen LogP contribution in [0.2, 0.25) is 0 Å². The third-order valence-corrected chi connectivity index (χ3v) is 4.92. The van der Waals surface area contributed by atoms with Crippen molar-refractivity contribution in [2.45, 2.75) is 13.8 Å². The van der Waals surface area contributed by atoms with E-state index >= 15 is 0 Å². The highest BCUT2D eigenvalue weighted by Gasteiger charge is 2.16. The Labute approximate surface area is 173 Å². The Morgan fingerprint density at radius 3 is 2.59 bits per heavy atom. The Hall–Kier alpha value is -3.13. The van der Waals surface area contributed by atoms with Gasteiger partial charge in [0.15, 0.2) is 11.5 Å². The Morgan fingerprint density at radius 1 is 1.07 bits per heavy atom. The van der Waals surface area contributed by atoms with Gasteiger partial charge in [0.25, 0.3) is 5.91 Å². The van der Waals surface area contributed by atoms with E-state index in [0.717, 1.165) is 10.2 Å². The third-order valence-electron chi connectivity index (χ3n) is 4.13. The molecule has 8 heteroatoms. The molecule has 1 aromatic heterocycles. The van der Waals surface area contributed by atoms with Gasteiger partial charge in [-0.3, -0.25) is 9.59 Å². The smallest absolute Gasteiger partial charge is 0.254 e. The molecule has 2 amide bonds. The number of hydrogen-bond acceptors (Lipinski definition) is 6. The molecule has 3 aromatic rings. The number of thiazole rings is 1. The van der Waals surface area contributed by atoms with Crippen molar-refractivity contribution in [3.8, 4) is 11.5 Å². The van der Waals surface area contributed by atoms with Gasteiger partial charge in [-0.25, -0.2) is 4.98 Å². The zero-order chi connectivity index (χ0) is 20.8. The van der Waals surface area contributed by atoms with E-state index in [9.17, 15) is 9.59 Å². The number of nitrogens with one attached hydrogen (secondary N) is 1. The van der Waals surface area contributed by atoms with Crippen molar-refractivity contribution in [1.82, 2.24) is 9.88 Å². The normalized spacial score (nSPS) is 10.6. The van der Waals surface area contributed by atoms with Gasteiger partial charge in [-0.2, -0.15) is 0 Å². The molecule has 29 heavy (non-hydrogen) atoms. The molecule has 7 nitrogen and oxygen atoms in total. The molecule has 2 aromatic carbocycles. The number of hydrogen-bond donors (Lipinski definition) is 1. The molecule has 0 atom stereocenters. The van der Waals surface area contributed by atoms with E-state index in [1.54, 1.807) is 42.9 Å². The molecule has 152 valence electrons. The summed E-state index contributed by atoms with van der Waals surface area (Å²) in [6.07, 6.45) is 0. The lowest BCUT2D eigenvalue weighted by Crippen LogP contribution is -2.34. The third kappa shape index (κ3) is 5.03. The van der Waals surface area contributed by atoms with Crippen molar-refractivity contribution < 1.29 is 19.1 Å². The fourth-order valence-electron chi connectivity index (χ4n) is 2.83. The predicted molar refractivity (Wildman–Crippen MR) is 114 cm³/mol. The fraction of sp³-hybridized carbons (Fsp3) is 0.286. The van der Waals surface area contributed by atoms with Crippen molar-refractivity contribution >= 4 is 39.1 Å². The zero-order valence-electron chi connectivity index (χ0n) is 16.6. The maximum atomic E-state index is 12.6. The summed E-state index contributed by atoms with van der Waals surface area (Å²) in [5.74, 6) is 0.663. The molecule has 0 unspecified atom stereocenters. The summed E-state index contributed by atoms with van der Waals surface area (Å²) in [6, 6.07) is 10.5. The number of carbonyl (C=O) groups is 2. The second kappa shape index (κ2) is 9.38. The molecule has 0 saturated carbocycles. The van der Waals surface area contributed by atoms with Crippen molar-refractivity contribution in [1.29, 1.82) is 0 Å². The van der Waals surface area contributed by atoms with Gasteiger partial charge >= 0.3 is 0 Å². The number of nitrogens with zero attached hydrogens (tertiary/aromatic N) is 2. The first-order valence-corrected chi connectivity index (χ1v) is 10.2. The highest BCUT2D eigenvalue weighted by atomic mass is 32.1. The SMILES string of the molecule is CCOc1ccc(NC(=O)CN(C)C(=O)c2ccc3ncsc3c2)cc1OCC.